The zero-order valence-electron chi connectivity index (χ0n) is 18.8. The Morgan fingerprint density at radius 3 is 2.34 bits per heavy atom. The van der Waals surface area contributed by atoms with Gasteiger partial charge in [0.25, 0.3) is 0 Å². The van der Waals surface area contributed by atoms with Crippen LogP contribution in [-0.2, 0) is 24.6 Å². The van der Waals surface area contributed by atoms with Crippen molar-refractivity contribution >= 4 is 31.5 Å². The van der Waals surface area contributed by atoms with Crippen LogP contribution < -0.4 is 9.46 Å². The van der Waals surface area contributed by atoms with Crippen LogP contribution in [0.4, 0.5) is 8.78 Å². The van der Waals surface area contributed by atoms with Crippen LogP contribution >= 0.6 is 11.6 Å². The topological polar surface area (TPSA) is 89.5 Å². The lowest BCUT2D eigenvalue weighted by atomic mass is 9.69. The maximum atomic E-state index is 15.3. The van der Waals surface area contributed by atoms with E-state index in [4.69, 9.17) is 16.3 Å². The van der Waals surface area contributed by atoms with Gasteiger partial charge in [-0.1, -0.05) is 18.0 Å². The van der Waals surface area contributed by atoms with Crippen LogP contribution in [0.15, 0.2) is 41.3 Å². The molecule has 3 atom stereocenters. The Kier molecular flexibility index (Phi) is 6.39. The first-order chi connectivity index (χ1) is 16.5. The van der Waals surface area contributed by atoms with Crippen LogP contribution in [0, 0.1) is 23.5 Å². The summed E-state index contributed by atoms with van der Waals surface area (Å²) in [5, 5.41) is 0.343. The summed E-state index contributed by atoms with van der Waals surface area (Å²) in [4.78, 5) is -0.0545. The monoisotopic (exact) mass is 545 g/mol. The molecule has 1 heterocycles. The number of hydrogen-bond donors (Lipinski definition) is 1. The molecule has 0 saturated heterocycles. The van der Waals surface area contributed by atoms with Crippen molar-refractivity contribution in [3.8, 4) is 5.75 Å². The summed E-state index contributed by atoms with van der Waals surface area (Å²) in [5.41, 5.74) is -0.308. The minimum Gasteiger partial charge on any atom is -0.490 e. The summed E-state index contributed by atoms with van der Waals surface area (Å²) >= 11 is 5.95. The van der Waals surface area contributed by atoms with Crippen molar-refractivity contribution in [3.63, 3.8) is 0 Å². The lowest BCUT2D eigenvalue weighted by molar-refractivity contribution is 0.103. The second kappa shape index (κ2) is 8.97. The van der Waals surface area contributed by atoms with E-state index in [-0.39, 0.29) is 54.0 Å². The number of nitrogens with one attached hydrogen (secondary N) is 1. The molecule has 2 aliphatic carbocycles. The molecule has 0 aromatic heterocycles. The van der Waals surface area contributed by atoms with Crippen molar-refractivity contribution in [2.75, 3.05) is 12.4 Å². The van der Waals surface area contributed by atoms with Gasteiger partial charge < -0.3 is 4.74 Å². The largest absolute Gasteiger partial charge is 0.490 e. The van der Waals surface area contributed by atoms with Crippen molar-refractivity contribution in [2.45, 2.75) is 54.2 Å². The zero-order valence-corrected chi connectivity index (χ0v) is 21.2. The summed E-state index contributed by atoms with van der Waals surface area (Å²) in [6.07, 6.45) is 2.97. The Balaban J connectivity index is 1.55. The van der Waals surface area contributed by atoms with Gasteiger partial charge in [0.1, 0.15) is 10.6 Å². The molecule has 5 rings (SSSR count). The molecular formula is C24H26ClF2NO5S2. The van der Waals surface area contributed by atoms with Crippen LogP contribution in [0.1, 0.15) is 44.1 Å². The van der Waals surface area contributed by atoms with Gasteiger partial charge in [0, 0.05) is 17.0 Å². The van der Waals surface area contributed by atoms with E-state index in [1.54, 1.807) is 0 Å². The third kappa shape index (κ3) is 4.26. The fraction of sp³-hybridized carbons (Fsp3) is 0.500. The van der Waals surface area contributed by atoms with E-state index in [1.807, 2.05) is 0 Å². The second-order valence-corrected chi connectivity index (χ2v) is 14.2. The van der Waals surface area contributed by atoms with E-state index in [0.717, 1.165) is 31.4 Å². The Morgan fingerprint density at radius 1 is 1.00 bits per heavy atom. The molecular weight excluding hydrogens is 520 g/mol. The van der Waals surface area contributed by atoms with Gasteiger partial charge >= 0.3 is 0 Å². The lowest BCUT2D eigenvalue weighted by Crippen LogP contribution is -2.53. The fourth-order valence-electron chi connectivity index (χ4n) is 5.72. The van der Waals surface area contributed by atoms with Crippen LogP contribution in [0.5, 0.6) is 5.75 Å². The van der Waals surface area contributed by atoms with Gasteiger partial charge in [0.2, 0.25) is 10.0 Å². The zero-order chi connectivity index (χ0) is 25.0. The molecule has 1 N–H and O–H groups in total. The maximum absolute atomic E-state index is 15.3. The van der Waals surface area contributed by atoms with Crippen molar-refractivity contribution in [2.24, 2.45) is 11.8 Å². The Labute approximate surface area is 209 Å². The number of sulfonamides is 1. The van der Waals surface area contributed by atoms with Crippen LogP contribution in [0.25, 0.3) is 0 Å². The molecule has 190 valence electrons. The highest BCUT2D eigenvalue weighted by Crippen LogP contribution is 2.57. The van der Waals surface area contributed by atoms with E-state index < -0.39 is 47.9 Å². The fourth-order valence-corrected chi connectivity index (χ4v) is 9.97. The molecule has 0 bridgehead atoms. The van der Waals surface area contributed by atoms with Gasteiger partial charge in [-0.2, -0.15) is 0 Å². The van der Waals surface area contributed by atoms with Gasteiger partial charge in [-0.05, 0) is 74.4 Å². The first-order valence-electron chi connectivity index (χ1n) is 11.6. The molecule has 2 aromatic rings. The minimum atomic E-state index is -4.24. The smallest absolute Gasteiger partial charge is 0.212 e. The summed E-state index contributed by atoms with van der Waals surface area (Å²) in [6.45, 7) is -0.160. The standard InChI is InChI=1S/C24H26ClF2NO5S2/c25-17-4-6-19(7-5-17)35(31,32)24-11-10-15(14-34(29,30)28-18-2-1-3-18)12-16(24)13-33-23-21(27)9-8-20(26)22(23)24/h4-9,15-16,18,28H,1-3,10-14H2/t15-,16-,24+/m0/s1. The summed E-state index contributed by atoms with van der Waals surface area (Å²) in [5.74, 6) is -3.33. The van der Waals surface area contributed by atoms with Crippen LogP contribution in [-0.4, -0.2) is 35.2 Å². The van der Waals surface area contributed by atoms with Gasteiger partial charge in [-0.15, -0.1) is 0 Å². The number of sulfone groups is 1. The quantitative estimate of drug-likeness (QED) is 0.574. The highest BCUT2D eigenvalue weighted by atomic mass is 35.5. The number of halogens is 3. The Morgan fingerprint density at radius 2 is 1.69 bits per heavy atom. The molecule has 35 heavy (non-hydrogen) atoms. The first kappa shape index (κ1) is 24.9. The number of benzene rings is 2. The average molecular weight is 546 g/mol. The molecule has 0 radical (unpaired) electrons. The number of ether oxygens (including phenoxy) is 1. The predicted octanol–water partition coefficient (Wildman–Crippen LogP) is 4.57. The van der Waals surface area contributed by atoms with E-state index in [9.17, 15) is 21.2 Å². The molecule has 0 spiro atoms. The van der Waals surface area contributed by atoms with Gasteiger partial charge in [0.15, 0.2) is 21.4 Å². The number of fused-ring (bicyclic) bond motifs is 3. The lowest BCUT2D eigenvalue weighted by Gasteiger charge is -2.49. The van der Waals surface area contributed by atoms with Crippen molar-refractivity contribution < 1.29 is 30.4 Å². The van der Waals surface area contributed by atoms with Crippen LogP contribution in [0.2, 0.25) is 5.02 Å². The minimum absolute atomic E-state index is 0.0464. The van der Waals surface area contributed by atoms with Gasteiger partial charge in [-0.25, -0.2) is 30.3 Å². The number of rotatable bonds is 6. The van der Waals surface area contributed by atoms with Crippen molar-refractivity contribution in [3.05, 3.63) is 58.6 Å². The highest BCUT2D eigenvalue weighted by molar-refractivity contribution is 7.92. The summed E-state index contributed by atoms with van der Waals surface area (Å²) < 4.78 is 90.2. The molecule has 1 aliphatic heterocycles. The Hall–Kier alpha value is -1.75. The van der Waals surface area contributed by atoms with Gasteiger partial charge in [-0.3, -0.25) is 0 Å². The molecule has 2 saturated carbocycles. The predicted molar refractivity (Wildman–Crippen MR) is 128 cm³/mol. The van der Waals surface area contributed by atoms with Gasteiger partial charge in [0.05, 0.1) is 22.8 Å². The molecule has 3 aliphatic rings. The van der Waals surface area contributed by atoms with E-state index in [1.165, 1.54) is 24.3 Å². The third-order valence-electron chi connectivity index (χ3n) is 7.62. The van der Waals surface area contributed by atoms with E-state index in [0.29, 0.717) is 5.02 Å². The average Bonchev–Trinajstić information content (AvgIpc) is 2.78. The third-order valence-corrected chi connectivity index (χ3v) is 12.1. The highest BCUT2D eigenvalue weighted by Gasteiger charge is 2.59. The maximum Gasteiger partial charge on any atom is 0.212 e. The molecule has 0 unspecified atom stereocenters. The Bertz CT molecular complexity index is 1350. The van der Waals surface area contributed by atoms with Crippen molar-refractivity contribution in [1.82, 2.24) is 4.72 Å². The van der Waals surface area contributed by atoms with Crippen LogP contribution in [0.3, 0.4) is 0 Å². The van der Waals surface area contributed by atoms with Crippen molar-refractivity contribution in [1.29, 1.82) is 0 Å². The molecule has 11 heteroatoms. The summed E-state index contributed by atoms with van der Waals surface area (Å²) in [7, 11) is -7.80. The normalized spacial score (nSPS) is 26.8. The molecule has 2 fully saturated rings. The second-order valence-electron chi connectivity index (χ2n) is 9.76. The first-order valence-corrected chi connectivity index (χ1v) is 15.2. The van der Waals surface area contributed by atoms with E-state index >= 15 is 4.39 Å². The van der Waals surface area contributed by atoms with E-state index in [2.05, 4.69) is 4.72 Å². The summed E-state index contributed by atoms with van der Waals surface area (Å²) in [6, 6.07) is 7.37. The molecule has 6 nitrogen and oxygen atoms in total. The SMILES string of the molecule is O=S(=O)(C[C@H]1CC[C@]2(S(=O)(=O)c3ccc(Cl)cc3)c3c(F)ccc(F)c3OC[C@@H]2C1)NC1CCC1. The molecule has 2 aromatic carbocycles. The number of hydrogen-bond acceptors (Lipinski definition) is 5. The molecule has 0 amide bonds.